The van der Waals surface area contributed by atoms with E-state index < -0.39 is 32.5 Å². The largest absolute Gasteiger partial charge is 0.469 e. The summed E-state index contributed by atoms with van der Waals surface area (Å²) in [5.74, 6) is -0.943. The maximum atomic E-state index is 12.4. The minimum Gasteiger partial charge on any atom is -0.462 e. The summed E-state index contributed by atoms with van der Waals surface area (Å²) in [5.41, 5.74) is 0. The highest BCUT2D eigenvalue weighted by Gasteiger charge is 2.22. The van der Waals surface area contributed by atoms with E-state index in [1.54, 1.807) is 0 Å². The van der Waals surface area contributed by atoms with Crippen LogP contribution in [0.15, 0.2) is 60.8 Å². The number of carbonyl (C=O) groups excluding carboxylic acids is 2. The second kappa shape index (κ2) is 36.5. The Balaban J connectivity index is 4.04. The lowest BCUT2D eigenvalue weighted by atomic mass is 10.1. The number of esters is 2. The molecule has 0 spiro atoms. The molecule has 0 rings (SSSR count). The average Bonchev–Trinajstić information content (AvgIpc) is 3.08. The van der Waals surface area contributed by atoms with Gasteiger partial charge in [0, 0.05) is 12.8 Å². The monoisotopic (exact) mass is 722 g/mol. The number of carbonyl (C=O) groups is 2. The molecule has 288 valence electrons. The van der Waals surface area contributed by atoms with Crippen molar-refractivity contribution in [3.63, 3.8) is 0 Å². The van der Waals surface area contributed by atoms with Gasteiger partial charge in [-0.2, -0.15) is 0 Å². The third-order valence-corrected chi connectivity index (χ3v) is 8.49. The van der Waals surface area contributed by atoms with Crippen LogP contribution in [0.4, 0.5) is 0 Å². The van der Waals surface area contributed by atoms with Crippen molar-refractivity contribution in [3.05, 3.63) is 60.8 Å². The third kappa shape index (κ3) is 38.6. The number of phosphoric acid groups is 1. The normalized spacial score (nSPS) is 13.1. The van der Waals surface area contributed by atoms with E-state index in [1.807, 2.05) is 0 Å². The molecular formula is C41H71O8P. The molecule has 50 heavy (non-hydrogen) atoms. The molecule has 0 aromatic rings. The molecule has 0 heterocycles. The maximum absolute atomic E-state index is 12.4. The predicted molar refractivity (Wildman–Crippen MR) is 207 cm³/mol. The van der Waals surface area contributed by atoms with Crippen LogP contribution < -0.4 is 0 Å². The highest BCUT2D eigenvalue weighted by Crippen LogP contribution is 2.36. The fourth-order valence-corrected chi connectivity index (χ4v) is 5.42. The van der Waals surface area contributed by atoms with E-state index in [4.69, 9.17) is 19.3 Å². The molecule has 2 N–H and O–H groups in total. The number of hydrogen-bond donors (Lipinski definition) is 2. The van der Waals surface area contributed by atoms with Gasteiger partial charge in [-0.05, 0) is 83.5 Å². The Kier molecular flexibility index (Phi) is 34.9. The lowest BCUT2D eigenvalue weighted by Crippen LogP contribution is -2.29. The Morgan fingerprint density at radius 1 is 0.520 bits per heavy atom. The van der Waals surface area contributed by atoms with Gasteiger partial charge in [-0.15, -0.1) is 0 Å². The smallest absolute Gasteiger partial charge is 0.462 e. The van der Waals surface area contributed by atoms with Gasteiger partial charge in [-0.25, -0.2) is 4.57 Å². The van der Waals surface area contributed by atoms with Gasteiger partial charge in [0.1, 0.15) is 6.61 Å². The van der Waals surface area contributed by atoms with Crippen LogP contribution in [0.3, 0.4) is 0 Å². The summed E-state index contributed by atoms with van der Waals surface area (Å²) in [4.78, 5) is 42.7. The number of rotatable bonds is 35. The molecule has 0 amide bonds. The SMILES string of the molecule is CCCCC/C=C\C/C=C\C/C=C\CCCCC(=O)OC[C@H](COP(=O)(O)O)OC(=O)CCCCCCCCC/C=C\C/C=C\CCCCC. The summed E-state index contributed by atoms with van der Waals surface area (Å²) in [5, 5.41) is 0. The van der Waals surface area contributed by atoms with Crippen molar-refractivity contribution in [1.29, 1.82) is 0 Å². The number of unbranched alkanes of at least 4 members (excludes halogenated alkanes) is 15. The summed E-state index contributed by atoms with van der Waals surface area (Å²) in [6.45, 7) is 3.58. The van der Waals surface area contributed by atoms with E-state index in [2.05, 4.69) is 79.1 Å². The lowest BCUT2D eigenvalue weighted by Gasteiger charge is -2.18. The highest BCUT2D eigenvalue weighted by atomic mass is 31.2. The number of ether oxygens (including phenoxy) is 2. The van der Waals surface area contributed by atoms with Gasteiger partial charge in [0.2, 0.25) is 0 Å². The van der Waals surface area contributed by atoms with Crippen molar-refractivity contribution in [3.8, 4) is 0 Å². The van der Waals surface area contributed by atoms with E-state index in [1.165, 1.54) is 64.2 Å². The summed E-state index contributed by atoms with van der Waals surface area (Å²) in [7, 11) is -4.76. The van der Waals surface area contributed by atoms with Crippen molar-refractivity contribution >= 4 is 19.8 Å². The Morgan fingerprint density at radius 3 is 1.38 bits per heavy atom. The Labute approximate surface area is 305 Å². The molecule has 0 radical (unpaired) electrons. The molecule has 0 aliphatic heterocycles. The first kappa shape index (κ1) is 47.8. The molecule has 0 unspecified atom stereocenters. The zero-order valence-corrected chi connectivity index (χ0v) is 32.4. The first-order valence-electron chi connectivity index (χ1n) is 19.6. The average molecular weight is 723 g/mol. The molecular weight excluding hydrogens is 651 g/mol. The van der Waals surface area contributed by atoms with Crippen molar-refractivity contribution in [2.24, 2.45) is 0 Å². The second-order valence-corrected chi connectivity index (χ2v) is 14.1. The van der Waals surface area contributed by atoms with Crippen LogP contribution in [0, 0.1) is 0 Å². The van der Waals surface area contributed by atoms with Crippen LogP contribution in [-0.2, 0) is 28.2 Å². The van der Waals surface area contributed by atoms with Crippen molar-refractivity contribution in [2.75, 3.05) is 13.2 Å². The van der Waals surface area contributed by atoms with Crippen LogP contribution in [0.1, 0.15) is 168 Å². The summed E-state index contributed by atoms with van der Waals surface area (Å²) in [6, 6.07) is 0. The van der Waals surface area contributed by atoms with E-state index in [0.29, 0.717) is 12.8 Å². The predicted octanol–water partition coefficient (Wildman–Crippen LogP) is 11.7. The molecule has 0 saturated carbocycles. The zero-order chi connectivity index (χ0) is 36.8. The maximum Gasteiger partial charge on any atom is 0.469 e. The molecule has 0 saturated heterocycles. The van der Waals surface area contributed by atoms with Crippen molar-refractivity contribution < 1.29 is 37.9 Å². The van der Waals surface area contributed by atoms with Gasteiger partial charge in [-0.3, -0.25) is 14.1 Å². The second-order valence-electron chi connectivity index (χ2n) is 12.9. The van der Waals surface area contributed by atoms with Gasteiger partial charge in [-0.1, -0.05) is 132 Å². The molecule has 0 aliphatic rings. The van der Waals surface area contributed by atoms with Crippen molar-refractivity contribution in [2.45, 2.75) is 174 Å². The molecule has 9 heteroatoms. The first-order chi connectivity index (χ1) is 24.3. The molecule has 0 aromatic heterocycles. The van der Waals surface area contributed by atoms with Gasteiger partial charge in [0.15, 0.2) is 6.10 Å². The van der Waals surface area contributed by atoms with E-state index in [0.717, 1.165) is 64.2 Å². The fraction of sp³-hybridized carbons (Fsp3) is 0.707. The fourth-order valence-electron chi connectivity index (χ4n) is 5.06. The van der Waals surface area contributed by atoms with Gasteiger partial charge >= 0.3 is 19.8 Å². The zero-order valence-electron chi connectivity index (χ0n) is 31.5. The van der Waals surface area contributed by atoms with Crippen LogP contribution >= 0.6 is 7.82 Å². The highest BCUT2D eigenvalue weighted by molar-refractivity contribution is 7.46. The summed E-state index contributed by atoms with van der Waals surface area (Å²) >= 11 is 0. The van der Waals surface area contributed by atoms with Crippen LogP contribution in [-0.4, -0.2) is 41.0 Å². The molecule has 0 aliphatic carbocycles. The number of phosphoric ester groups is 1. The van der Waals surface area contributed by atoms with E-state index >= 15 is 0 Å². The minimum atomic E-state index is -4.76. The minimum absolute atomic E-state index is 0.192. The standard InChI is InChI=1S/C41H71O8P/c1-3-5-7-9-11-13-15-17-19-20-22-24-26-28-30-32-34-36-41(43)49-39(38-48-50(44,45)46)37-47-40(42)35-33-31-29-27-25-23-21-18-16-14-12-10-8-6-4-2/h11-14,17-19,21,25,27,39H,3-10,15-16,20,22-24,26,28-38H2,1-2H3,(H2,44,45,46)/b13-11-,14-12-,19-17-,21-18-,27-25-/t39-/m1/s1. The van der Waals surface area contributed by atoms with E-state index in [-0.39, 0.29) is 19.4 Å². The summed E-state index contributed by atoms with van der Waals surface area (Å²) in [6.07, 6.45) is 45.1. The Morgan fingerprint density at radius 2 is 0.900 bits per heavy atom. The number of allylic oxidation sites excluding steroid dienone is 10. The van der Waals surface area contributed by atoms with Crippen molar-refractivity contribution in [1.82, 2.24) is 0 Å². The first-order valence-corrected chi connectivity index (χ1v) is 21.1. The molecule has 8 nitrogen and oxygen atoms in total. The Bertz CT molecular complexity index is 995. The van der Waals surface area contributed by atoms with Gasteiger partial charge < -0.3 is 19.3 Å². The van der Waals surface area contributed by atoms with Crippen LogP contribution in [0.2, 0.25) is 0 Å². The van der Waals surface area contributed by atoms with Gasteiger partial charge in [0.05, 0.1) is 6.61 Å². The molecule has 0 fully saturated rings. The summed E-state index contributed by atoms with van der Waals surface area (Å²) < 4.78 is 26.3. The number of hydrogen-bond acceptors (Lipinski definition) is 6. The topological polar surface area (TPSA) is 119 Å². The quantitative estimate of drug-likeness (QED) is 0.0287. The molecule has 1 atom stereocenters. The van der Waals surface area contributed by atoms with Gasteiger partial charge in [0.25, 0.3) is 0 Å². The Hall–Kier alpha value is -2.25. The third-order valence-electron chi connectivity index (χ3n) is 8.01. The van der Waals surface area contributed by atoms with E-state index in [9.17, 15) is 14.2 Å². The molecule has 0 bridgehead atoms. The molecule has 0 aromatic carbocycles. The van der Waals surface area contributed by atoms with Crippen LogP contribution in [0.25, 0.3) is 0 Å². The lowest BCUT2D eigenvalue weighted by molar-refractivity contribution is -0.161. The van der Waals surface area contributed by atoms with Crippen LogP contribution in [0.5, 0.6) is 0 Å².